The zero-order valence-corrected chi connectivity index (χ0v) is 14.5. The molecule has 0 heterocycles. The quantitative estimate of drug-likeness (QED) is 0.822. The summed E-state index contributed by atoms with van der Waals surface area (Å²) in [6.07, 6.45) is 0.787. The van der Waals surface area contributed by atoms with E-state index in [-0.39, 0.29) is 6.03 Å². The highest BCUT2D eigenvalue weighted by Crippen LogP contribution is 2.12. The van der Waals surface area contributed by atoms with Crippen molar-refractivity contribution in [2.24, 2.45) is 0 Å². The summed E-state index contributed by atoms with van der Waals surface area (Å²) in [6, 6.07) is 15.8. The number of ether oxygens (including phenoxy) is 1. The molecular formula is C19H25N3O2. The lowest BCUT2D eigenvalue weighted by Gasteiger charge is -2.13. The minimum absolute atomic E-state index is 0.153. The van der Waals surface area contributed by atoms with Gasteiger partial charge in [0.05, 0.1) is 7.11 Å². The lowest BCUT2D eigenvalue weighted by molar-refractivity contribution is 0.240. The molecule has 0 saturated carbocycles. The largest absolute Gasteiger partial charge is 0.497 e. The molecule has 2 rings (SSSR count). The number of carbonyl (C=O) groups is 1. The maximum atomic E-state index is 11.8. The normalized spacial score (nSPS) is 10.1. The number of hydrogen-bond acceptors (Lipinski definition) is 3. The summed E-state index contributed by atoms with van der Waals surface area (Å²) in [5, 5.41) is 5.74. The van der Waals surface area contributed by atoms with Crippen LogP contribution in [-0.4, -0.2) is 33.8 Å². The van der Waals surface area contributed by atoms with Crippen LogP contribution in [0.15, 0.2) is 48.5 Å². The first-order valence-electron chi connectivity index (χ1n) is 7.99. The first kappa shape index (κ1) is 17.7. The summed E-state index contributed by atoms with van der Waals surface area (Å²) < 4.78 is 5.12. The second kappa shape index (κ2) is 8.82. The number of rotatable bonds is 7. The molecule has 0 bridgehead atoms. The number of nitrogens with one attached hydrogen (secondary N) is 2. The second-order valence-corrected chi connectivity index (χ2v) is 5.77. The molecule has 5 nitrogen and oxygen atoms in total. The van der Waals surface area contributed by atoms with E-state index in [1.807, 2.05) is 67.5 Å². The van der Waals surface area contributed by atoms with Crippen LogP contribution in [0.4, 0.5) is 10.5 Å². The molecule has 128 valence electrons. The van der Waals surface area contributed by atoms with E-state index < -0.39 is 0 Å². The van der Waals surface area contributed by atoms with Crippen molar-refractivity contribution >= 4 is 11.7 Å². The highest BCUT2D eigenvalue weighted by molar-refractivity contribution is 5.73. The van der Waals surface area contributed by atoms with Crippen LogP contribution in [0, 0.1) is 0 Å². The van der Waals surface area contributed by atoms with E-state index in [1.165, 1.54) is 0 Å². The molecule has 0 saturated heterocycles. The molecule has 2 aromatic rings. The molecule has 24 heavy (non-hydrogen) atoms. The Balaban J connectivity index is 1.69. The Morgan fingerprint density at radius 1 is 0.958 bits per heavy atom. The molecule has 0 fully saturated rings. The average molecular weight is 327 g/mol. The van der Waals surface area contributed by atoms with Gasteiger partial charge in [0.2, 0.25) is 0 Å². The van der Waals surface area contributed by atoms with Gasteiger partial charge in [-0.1, -0.05) is 24.3 Å². The summed E-state index contributed by atoms with van der Waals surface area (Å²) in [5.41, 5.74) is 3.38. The van der Waals surface area contributed by atoms with Crippen LogP contribution in [-0.2, 0) is 13.0 Å². The summed E-state index contributed by atoms with van der Waals surface area (Å²) in [5.74, 6) is 0.838. The summed E-state index contributed by atoms with van der Waals surface area (Å²) in [7, 11) is 5.65. The zero-order valence-electron chi connectivity index (χ0n) is 14.5. The van der Waals surface area contributed by atoms with Gasteiger partial charge in [0.15, 0.2) is 0 Å². The minimum Gasteiger partial charge on any atom is -0.497 e. The number of methoxy groups -OCH3 is 1. The van der Waals surface area contributed by atoms with Gasteiger partial charge in [0, 0.05) is 32.9 Å². The molecule has 2 aromatic carbocycles. The van der Waals surface area contributed by atoms with Crippen molar-refractivity contribution in [1.82, 2.24) is 10.6 Å². The summed E-state index contributed by atoms with van der Waals surface area (Å²) in [6.45, 7) is 1.11. The number of hydrogen-bond donors (Lipinski definition) is 2. The monoisotopic (exact) mass is 327 g/mol. The molecule has 0 radical (unpaired) electrons. The second-order valence-electron chi connectivity index (χ2n) is 5.77. The smallest absolute Gasteiger partial charge is 0.315 e. The Kier molecular flexibility index (Phi) is 6.49. The number of nitrogens with zero attached hydrogens (tertiary/aromatic N) is 1. The first-order chi connectivity index (χ1) is 11.6. The van der Waals surface area contributed by atoms with Gasteiger partial charge in [-0.15, -0.1) is 0 Å². The third-order valence-corrected chi connectivity index (χ3v) is 3.76. The van der Waals surface area contributed by atoms with Crippen LogP contribution >= 0.6 is 0 Å². The van der Waals surface area contributed by atoms with Gasteiger partial charge in [-0.2, -0.15) is 0 Å². The standard InChI is InChI=1S/C19H25N3O2/c1-22(2)17-8-4-16(5-9-17)14-21-19(23)20-13-12-15-6-10-18(24-3)11-7-15/h4-11H,12-14H2,1-3H3,(H2,20,21,23). The van der Waals surface area contributed by atoms with Crippen LogP contribution in [0.25, 0.3) is 0 Å². The van der Waals surface area contributed by atoms with Crippen LogP contribution in [0.3, 0.4) is 0 Å². The summed E-state index contributed by atoms with van der Waals surface area (Å²) >= 11 is 0. The predicted molar refractivity (Wildman–Crippen MR) is 97.7 cm³/mol. The van der Waals surface area contributed by atoms with Crippen molar-refractivity contribution < 1.29 is 9.53 Å². The van der Waals surface area contributed by atoms with Crippen molar-refractivity contribution in [2.45, 2.75) is 13.0 Å². The highest BCUT2D eigenvalue weighted by Gasteiger charge is 2.02. The van der Waals surface area contributed by atoms with E-state index in [0.717, 1.165) is 29.0 Å². The number of carbonyl (C=O) groups excluding carboxylic acids is 1. The highest BCUT2D eigenvalue weighted by atomic mass is 16.5. The van der Waals surface area contributed by atoms with Crippen LogP contribution < -0.4 is 20.3 Å². The lowest BCUT2D eigenvalue weighted by atomic mass is 10.1. The molecule has 0 unspecified atom stereocenters. The SMILES string of the molecule is COc1ccc(CCNC(=O)NCc2ccc(N(C)C)cc2)cc1. The van der Waals surface area contributed by atoms with E-state index in [4.69, 9.17) is 4.74 Å². The molecule has 0 aliphatic heterocycles. The van der Waals surface area contributed by atoms with Gasteiger partial charge in [-0.3, -0.25) is 0 Å². The van der Waals surface area contributed by atoms with Crippen molar-refractivity contribution in [3.63, 3.8) is 0 Å². The lowest BCUT2D eigenvalue weighted by Crippen LogP contribution is -2.36. The van der Waals surface area contributed by atoms with E-state index in [9.17, 15) is 4.79 Å². The molecule has 2 N–H and O–H groups in total. The van der Waals surface area contributed by atoms with Gasteiger partial charge in [-0.05, 0) is 41.8 Å². The predicted octanol–water partition coefficient (Wildman–Crippen LogP) is 2.80. The van der Waals surface area contributed by atoms with Crippen molar-refractivity contribution in [1.29, 1.82) is 0 Å². The van der Waals surface area contributed by atoms with Crippen molar-refractivity contribution in [2.75, 3.05) is 32.6 Å². The van der Waals surface area contributed by atoms with Gasteiger partial charge in [0.1, 0.15) is 5.75 Å². The molecule has 0 aromatic heterocycles. The number of urea groups is 1. The Hall–Kier alpha value is -2.69. The van der Waals surface area contributed by atoms with Gasteiger partial charge < -0.3 is 20.3 Å². The Labute approximate surface area is 143 Å². The molecule has 0 aliphatic carbocycles. The zero-order chi connectivity index (χ0) is 17.4. The molecular weight excluding hydrogens is 302 g/mol. The van der Waals surface area contributed by atoms with Gasteiger partial charge in [0.25, 0.3) is 0 Å². The van der Waals surface area contributed by atoms with Gasteiger partial charge in [-0.25, -0.2) is 4.79 Å². The number of benzene rings is 2. The first-order valence-corrected chi connectivity index (χ1v) is 7.99. The fraction of sp³-hybridized carbons (Fsp3) is 0.316. The number of amides is 2. The third-order valence-electron chi connectivity index (χ3n) is 3.76. The Morgan fingerprint density at radius 2 is 1.58 bits per heavy atom. The minimum atomic E-state index is -0.153. The molecule has 5 heteroatoms. The molecule has 2 amide bonds. The molecule has 0 spiro atoms. The van der Waals surface area contributed by atoms with E-state index in [1.54, 1.807) is 7.11 Å². The topological polar surface area (TPSA) is 53.6 Å². The van der Waals surface area contributed by atoms with Crippen LogP contribution in [0.1, 0.15) is 11.1 Å². The summed E-state index contributed by atoms with van der Waals surface area (Å²) in [4.78, 5) is 13.9. The van der Waals surface area contributed by atoms with E-state index in [0.29, 0.717) is 13.1 Å². The van der Waals surface area contributed by atoms with Crippen molar-refractivity contribution in [3.05, 3.63) is 59.7 Å². The van der Waals surface area contributed by atoms with Crippen LogP contribution in [0.5, 0.6) is 5.75 Å². The van der Waals surface area contributed by atoms with Crippen LogP contribution in [0.2, 0.25) is 0 Å². The van der Waals surface area contributed by atoms with E-state index in [2.05, 4.69) is 10.6 Å². The molecule has 0 atom stereocenters. The fourth-order valence-corrected chi connectivity index (χ4v) is 2.27. The van der Waals surface area contributed by atoms with Gasteiger partial charge >= 0.3 is 6.03 Å². The maximum Gasteiger partial charge on any atom is 0.315 e. The molecule has 0 aliphatic rings. The maximum absolute atomic E-state index is 11.8. The fourth-order valence-electron chi connectivity index (χ4n) is 2.27. The third kappa shape index (κ3) is 5.50. The average Bonchev–Trinajstić information content (AvgIpc) is 2.61. The Bertz CT molecular complexity index is 637. The van der Waals surface area contributed by atoms with Crippen molar-refractivity contribution in [3.8, 4) is 5.75 Å². The Morgan fingerprint density at radius 3 is 2.17 bits per heavy atom. The van der Waals surface area contributed by atoms with E-state index >= 15 is 0 Å². The number of anilines is 1.